The number of urea groups is 1. The summed E-state index contributed by atoms with van der Waals surface area (Å²) in [5.41, 5.74) is 3.61. The number of esters is 1. The highest BCUT2D eigenvalue weighted by Gasteiger charge is 2.29. The van der Waals surface area contributed by atoms with E-state index in [-0.39, 0.29) is 37.2 Å². The summed E-state index contributed by atoms with van der Waals surface area (Å²) in [6.07, 6.45) is 4.87. The van der Waals surface area contributed by atoms with Crippen molar-refractivity contribution in [1.29, 1.82) is 0 Å². The van der Waals surface area contributed by atoms with Crippen LogP contribution in [0.15, 0.2) is 67.1 Å². The third-order valence-electron chi connectivity index (χ3n) is 5.64. The number of pyridine rings is 2. The Hall–Kier alpha value is -3.47. The SMILES string of the molecule is COC(=O)c1ccc(CN(C(=O)N2CCS(O)(O)CC2)c2ccc(-c3ccncc3)cc2)nc1. The minimum absolute atomic E-state index is 0.166. The fraction of sp³-hybridized carbons (Fsp3) is 0.250. The van der Waals surface area contributed by atoms with Crippen LogP contribution >= 0.6 is 10.6 Å². The molecule has 0 unspecified atom stereocenters. The molecule has 1 saturated heterocycles. The summed E-state index contributed by atoms with van der Waals surface area (Å²) in [4.78, 5) is 36.8. The van der Waals surface area contributed by atoms with E-state index >= 15 is 0 Å². The van der Waals surface area contributed by atoms with Crippen LogP contribution in [0.25, 0.3) is 11.1 Å². The minimum Gasteiger partial charge on any atom is -0.465 e. The first-order chi connectivity index (χ1) is 16.4. The van der Waals surface area contributed by atoms with E-state index in [2.05, 4.69) is 9.97 Å². The molecule has 3 heterocycles. The van der Waals surface area contributed by atoms with E-state index in [1.54, 1.807) is 34.3 Å². The van der Waals surface area contributed by atoms with Crippen LogP contribution in [0.4, 0.5) is 10.5 Å². The lowest BCUT2D eigenvalue weighted by molar-refractivity contribution is 0.0600. The predicted molar refractivity (Wildman–Crippen MR) is 131 cm³/mol. The smallest absolute Gasteiger partial charge is 0.339 e. The van der Waals surface area contributed by atoms with Gasteiger partial charge in [-0.1, -0.05) is 12.1 Å². The highest BCUT2D eigenvalue weighted by atomic mass is 32.3. The maximum atomic E-state index is 13.5. The van der Waals surface area contributed by atoms with Crippen molar-refractivity contribution in [3.63, 3.8) is 0 Å². The summed E-state index contributed by atoms with van der Waals surface area (Å²) < 4.78 is 24.6. The molecule has 34 heavy (non-hydrogen) atoms. The van der Waals surface area contributed by atoms with Crippen molar-refractivity contribution >= 4 is 28.3 Å². The molecular weight excluding hydrogens is 456 g/mol. The van der Waals surface area contributed by atoms with Crippen LogP contribution in [0, 0.1) is 0 Å². The average Bonchev–Trinajstić information content (AvgIpc) is 2.87. The number of hydrogen-bond donors (Lipinski definition) is 2. The monoisotopic (exact) mass is 482 g/mol. The second kappa shape index (κ2) is 10.2. The molecule has 0 spiro atoms. The number of rotatable bonds is 5. The Labute approximate surface area is 199 Å². The molecule has 1 aliphatic rings. The fourth-order valence-electron chi connectivity index (χ4n) is 3.65. The summed E-state index contributed by atoms with van der Waals surface area (Å²) in [5, 5.41) is 0. The normalized spacial score (nSPS) is 15.9. The Bertz CT molecular complexity index is 1130. The molecule has 0 radical (unpaired) electrons. The molecule has 0 bridgehead atoms. The highest BCUT2D eigenvalue weighted by Crippen LogP contribution is 2.40. The number of methoxy groups -OCH3 is 1. The fourth-order valence-corrected chi connectivity index (χ4v) is 4.88. The van der Waals surface area contributed by atoms with Crippen LogP contribution in [0.1, 0.15) is 16.1 Å². The van der Waals surface area contributed by atoms with E-state index in [9.17, 15) is 18.7 Å². The number of carbonyl (C=O) groups excluding carboxylic acids is 2. The maximum Gasteiger partial charge on any atom is 0.339 e. The lowest BCUT2D eigenvalue weighted by Crippen LogP contribution is -2.48. The molecule has 178 valence electrons. The van der Waals surface area contributed by atoms with Crippen molar-refractivity contribution in [2.75, 3.05) is 36.6 Å². The van der Waals surface area contributed by atoms with Gasteiger partial charge in [-0.05, 0) is 47.5 Å². The maximum absolute atomic E-state index is 13.5. The second-order valence-electron chi connectivity index (χ2n) is 7.88. The topological polar surface area (TPSA) is 116 Å². The minimum atomic E-state index is -2.62. The average molecular weight is 483 g/mol. The van der Waals surface area contributed by atoms with E-state index < -0.39 is 16.6 Å². The van der Waals surface area contributed by atoms with E-state index in [1.165, 1.54) is 13.3 Å². The van der Waals surface area contributed by atoms with Crippen molar-refractivity contribution in [2.45, 2.75) is 6.54 Å². The molecule has 1 fully saturated rings. The van der Waals surface area contributed by atoms with Gasteiger partial charge in [0.15, 0.2) is 0 Å². The zero-order valence-electron chi connectivity index (χ0n) is 18.7. The number of amides is 2. The second-order valence-corrected chi connectivity index (χ2v) is 10.3. The molecule has 9 nitrogen and oxygen atoms in total. The number of anilines is 1. The van der Waals surface area contributed by atoms with Crippen LogP contribution < -0.4 is 4.90 Å². The van der Waals surface area contributed by atoms with E-state index in [0.717, 1.165) is 11.1 Å². The van der Waals surface area contributed by atoms with Crippen LogP contribution in [-0.2, 0) is 11.3 Å². The molecule has 0 atom stereocenters. The standard InChI is InChI=1S/C24H26N4O5S/c1-33-23(29)20-2-5-21(26-16-20)17-28(24(30)27-12-14-34(31,32)15-13-27)22-6-3-18(4-7-22)19-8-10-25-11-9-19/h2-11,16,31-32H,12-15,17H2,1H3. The van der Waals surface area contributed by atoms with E-state index in [0.29, 0.717) is 16.9 Å². The molecule has 10 heteroatoms. The number of ether oxygens (including phenoxy) is 1. The van der Waals surface area contributed by atoms with Gasteiger partial charge in [0.25, 0.3) is 0 Å². The molecule has 3 aromatic rings. The lowest BCUT2D eigenvalue weighted by atomic mass is 10.1. The van der Waals surface area contributed by atoms with Crippen LogP contribution in [0.2, 0.25) is 0 Å². The lowest BCUT2D eigenvalue weighted by Gasteiger charge is -2.42. The third-order valence-corrected chi connectivity index (χ3v) is 7.31. The van der Waals surface area contributed by atoms with Crippen molar-refractivity contribution in [1.82, 2.24) is 14.9 Å². The quantitative estimate of drug-likeness (QED) is 0.526. The Morgan fingerprint density at radius 3 is 2.24 bits per heavy atom. The molecule has 2 N–H and O–H groups in total. The van der Waals surface area contributed by atoms with Crippen molar-refractivity contribution in [2.24, 2.45) is 0 Å². The van der Waals surface area contributed by atoms with Gasteiger partial charge in [0, 0.05) is 37.4 Å². The Morgan fingerprint density at radius 1 is 1.00 bits per heavy atom. The Kier molecular flexibility index (Phi) is 7.11. The van der Waals surface area contributed by atoms with Gasteiger partial charge in [0.05, 0.1) is 36.4 Å². The van der Waals surface area contributed by atoms with Gasteiger partial charge in [-0.3, -0.25) is 24.0 Å². The van der Waals surface area contributed by atoms with Crippen molar-refractivity contribution < 1.29 is 23.4 Å². The van der Waals surface area contributed by atoms with Crippen LogP contribution in [0.5, 0.6) is 0 Å². The first kappa shape index (κ1) is 23.7. The summed E-state index contributed by atoms with van der Waals surface area (Å²) in [7, 11) is -1.32. The van der Waals surface area contributed by atoms with Gasteiger partial charge in [-0.15, -0.1) is 0 Å². The Morgan fingerprint density at radius 2 is 1.65 bits per heavy atom. The number of hydrogen-bond acceptors (Lipinski definition) is 7. The van der Waals surface area contributed by atoms with Gasteiger partial charge in [0.2, 0.25) is 0 Å². The molecule has 1 aliphatic heterocycles. The van der Waals surface area contributed by atoms with E-state index in [4.69, 9.17) is 4.74 Å². The summed E-state index contributed by atoms with van der Waals surface area (Å²) in [5.74, 6) is -0.148. The van der Waals surface area contributed by atoms with Crippen molar-refractivity contribution in [3.05, 3.63) is 78.4 Å². The predicted octanol–water partition coefficient (Wildman–Crippen LogP) is 4.12. The number of nitrogens with zero attached hydrogens (tertiary/aromatic N) is 4. The Balaban J connectivity index is 1.60. The van der Waals surface area contributed by atoms with Gasteiger partial charge in [-0.2, -0.15) is 10.6 Å². The van der Waals surface area contributed by atoms with Gasteiger partial charge in [0.1, 0.15) is 0 Å². The first-order valence-corrected chi connectivity index (χ1v) is 12.6. The summed E-state index contributed by atoms with van der Waals surface area (Å²) in [6, 6.07) is 14.5. The highest BCUT2D eigenvalue weighted by molar-refractivity contribution is 8.24. The first-order valence-electron chi connectivity index (χ1n) is 10.7. The van der Waals surface area contributed by atoms with Gasteiger partial charge >= 0.3 is 12.0 Å². The molecule has 2 amide bonds. The molecule has 0 saturated carbocycles. The summed E-state index contributed by atoms with van der Waals surface area (Å²) in [6.45, 7) is 0.713. The van der Waals surface area contributed by atoms with Crippen LogP contribution in [0.3, 0.4) is 0 Å². The molecule has 4 rings (SSSR count). The molecule has 0 aliphatic carbocycles. The number of carbonyl (C=O) groups is 2. The van der Waals surface area contributed by atoms with Crippen LogP contribution in [-0.4, -0.2) is 67.7 Å². The molecular formula is C24H26N4O5S. The third kappa shape index (κ3) is 5.53. The molecule has 1 aromatic carbocycles. The van der Waals surface area contributed by atoms with Crippen molar-refractivity contribution in [3.8, 4) is 11.1 Å². The molecule has 2 aromatic heterocycles. The number of aromatic nitrogens is 2. The number of benzene rings is 1. The van der Waals surface area contributed by atoms with E-state index in [1.807, 2.05) is 36.4 Å². The van der Waals surface area contributed by atoms with Gasteiger partial charge < -0.3 is 9.64 Å². The summed E-state index contributed by atoms with van der Waals surface area (Å²) >= 11 is 0. The van der Waals surface area contributed by atoms with Gasteiger partial charge in [-0.25, -0.2) is 9.59 Å². The zero-order chi connectivity index (χ0) is 24.1. The largest absolute Gasteiger partial charge is 0.465 e. The zero-order valence-corrected chi connectivity index (χ0v) is 19.5.